The first-order valence-corrected chi connectivity index (χ1v) is 4.80. The predicted octanol–water partition coefficient (Wildman–Crippen LogP) is 3.42. The molecule has 0 heterocycles. The van der Waals surface area contributed by atoms with E-state index in [9.17, 15) is 22.4 Å². The molecule has 1 aromatic rings. The van der Waals surface area contributed by atoms with Crippen LogP contribution in [0.1, 0.15) is 30.4 Å². The molecule has 17 heavy (non-hydrogen) atoms. The fourth-order valence-electron chi connectivity index (χ4n) is 1.45. The monoisotopic (exact) mass is 250 g/mol. The van der Waals surface area contributed by atoms with Crippen LogP contribution in [0.4, 0.5) is 17.6 Å². The van der Waals surface area contributed by atoms with Gasteiger partial charge in [0.15, 0.2) is 0 Å². The Kier molecular flexibility index (Phi) is 3.75. The molecule has 6 heteroatoms. The molecule has 2 nitrogen and oxygen atoms in total. The van der Waals surface area contributed by atoms with Gasteiger partial charge >= 0.3 is 12.1 Å². The van der Waals surface area contributed by atoms with Gasteiger partial charge in [0.05, 0.1) is 12.0 Å². The van der Waals surface area contributed by atoms with Crippen molar-refractivity contribution in [2.45, 2.75) is 25.4 Å². The van der Waals surface area contributed by atoms with Crippen LogP contribution in [0, 0.1) is 5.82 Å². The molecule has 0 amide bonds. The quantitative estimate of drug-likeness (QED) is 0.834. The van der Waals surface area contributed by atoms with E-state index in [2.05, 4.69) is 0 Å². The molecule has 1 atom stereocenters. The Morgan fingerprint density at radius 2 is 2.00 bits per heavy atom. The number of hydrogen-bond donors (Lipinski definition) is 1. The van der Waals surface area contributed by atoms with E-state index in [1.807, 2.05) is 0 Å². The predicted molar refractivity (Wildman–Crippen MR) is 52.1 cm³/mol. The van der Waals surface area contributed by atoms with Gasteiger partial charge in [-0.15, -0.1) is 0 Å². The summed E-state index contributed by atoms with van der Waals surface area (Å²) in [7, 11) is 0. The molecule has 0 radical (unpaired) electrons. The molecule has 0 spiro atoms. The van der Waals surface area contributed by atoms with Crippen molar-refractivity contribution >= 4 is 5.97 Å². The minimum atomic E-state index is -4.74. The zero-order chi connectivity index (χ0) is 13.2. The minimum Gasteiger partial charge on any atom is -0.481 e. The lowest BCUT2D eigenvalue weighted by molar-refractivity contribution is -0.140. The fraction of sp³-hybridized carbons (Fsp3) is 0.364. The molecule has 1 N–H and O–H groups in total. The maximum atomic E-state index is 13.2. The summed E-state index contributed by atoms with van der Waals surface area (Å²) in [5, 5.41) is 8.52. The number of alkyl halides is 3. The number of carbonyl (C=O) groups is 1. The fourth-order valence-corrected chi connectivity index (χ4v) is 1.45. The van der Waals surface area contributed by atoms with Crippen molar-refractivity contribution in [1.29, 1.82) is 0 Å². The maximum Gasteiger partial charge on any atom is 0.419 e. The van der Waals surface area contributed by atoms with Crippen molar-refractivity contribution in [3.63, 3.8) is 0 Å². The van der Waals surface area contributed by atoms with Crippen LogP contribution in [0.25, 0.3) is 0 Å². The number of carboxylic acid groups (broad SMARTS) is 1. The molecule has 0 aliphatic rings. The summed E-state index contributed by atoms with van der Waals surface area (Å²) in [6.07, 6.45) is -5.00. The van der Waals surface area contributed by atoms with Crippen LogP contribution in [0.2, 0.25) is 0 Å². The van der Waals surface area contributed by atoms with Gasteiger partial charge in [0.25, 0.3) is 0 Å². The van der Waals surface area contributed by atoms with Crippen LogP contribution >= 0.6 is 0 Å². The Labute approximate surface area is 94.9 Å². The molecule has 0 aliphatic carbocycles. The third-order valence-corrected chi connectivity index (χ3v) is 2.35. The van der Waals surface area contributed by atoms with Crippen molar-refractivity contribution in [2.75, 3.05) is 0 Å². The van der Waals surface area contributed by atoms with Gasteiger partial charge in [-0.2, -0.15) is 13.2 Å². The summed E-state index contributed by atoms with van der Waals surface area (Å²) < 4.78 is 49.9. The second-order valence-corrected chi connectivity index (χ2v) is 3.74. The zero-order valence-corrected chi connectivity index (χ0v) is 8.88. The van der Waals surface area contributed by atoms with Crippen LogP contribution in [-0.2, 0) is 11.0 Å². The summed E-state index contributed by atoms with van der Waals surface area (Å²) in [4.78, 5) is 10.4. The maximum absolute atomic E-state index is 13.2. The summed E-state index contributed by atoms with van der Waals surface area (Å²) in [6.45, 7) is 1.51. The van der Waals surface area contributed by atoms with Crippen LogP contribution < -0.4 is 0 Å². The standard InChI is InChI=1S/C11H10F4O2/c1-6(4-10(16)17)7-2-3-8(9(12)5-7)11(13,14)15/h2-3,5-6H,4H2,1H3,(H,16,17). The Balaban J connectivity index is 3.00. The van der Waals surface area contributed by atoms with Crippen LogP contribution in [0.3, 0.4) is 0 Å². The van der Waals surface area contributed by atoms with Crippen molar-refractivity contribution in [3.05, 3.63) is 35.1 Å². The van der Waals surface area contributed by atoms with Crippen molar-refractivity contribution < 1.29 is 27.5 Å². The van der Waals surface area contributed by atoms with E-state index in [1.165, 1.54) is 6.92 Å². The van der Waals surface area contributed by atoms with E-state index in [-0.39, 0.29) is 12.0 Å². The molecule has 0 saturated heterocycles. The molecule has 1 aromatic carbocycles. The second-order valence-electron chi connectivity index (χ2n) is 3.74. The Morgan fingerprint density at radius 1 is 1.41 bits per heavy atom. The molecular formula is C11H10F4O2. The molecule has 0 bridgehead atoms. The Bertz CT molecular complexity index is 426. The van der Waals surface area contributed by atoms with Gasteiger partial charge in [-0.05, 0) is 23.6 Å². The van der Waals surface area contributed by atoms with E-state index >= 15 is 0 Å². The summed E-state index contributed by atoms with van der Waals surface area (Å²) in [6, 6.07) is 2.46. The molecular weight excluding hydrogens is 240 g/mol. The number of hydrogen-bond acceptors (Lipinski definition) is 1. The van der Waals surface area contributed by atoms with Crippen molar-refractivity contribution in [3.8, 4) is 0 Å². The zero-order valence-electron chi connectivity index (χ0n) is 8.88. The highest BCUT2D eigenvalue weighted by atomic mass is 19.4. The first kappa shape index (κ1) is 13.5. The Morgan fingerprint density at radius 3 is 2.41 bits per heavy atom. The highest BCUT2D eigenvalue weighted by Crippen LogP contribution is 2.33. The molecule has 1 unspecified atom stereocenters. The summed E-state index contributed by atoms with van der Waals surface area (Å²) in [5.74, 6) is -3.01. The Hall–Kier alpha value is -1.59. The number of carboxylic acids is 1. The van der Waals surface area contributed by atoms with Gasteiger partial charge < -0.3 is 5.11 Å². The molecule has 94 valence electrons. The topological polar surface area (TPSA) is 37.3 Å². The molecule has 1 rings (SSSR count). The van der Waals surface area contributed by atoms with E-state index in [0.717, 1.165) is 12.1 Å². The lowest BCUT2D eigenvalue weighted by Gasteiger charge is -2.12. The normalized spacial score (nSPS) is 13.5. The van der Waals surface area contributed by atoms with Gasteiger partial charge in [0.1, 0.15) is 5.82 Å². The number of aliphatic carboxylic acids is 1. The van der Waals surface area contributed by atoms with Gasteiger partial charge in [-0.3, -0.25) is 4.79 Å². The van der Waals surface area contributed by atoms with Crippen molar-refractivity contribution in [2.24, 2.45) is 0 Å². The lowest BCUT2D eigenvalue weighted by Crippen LogP contribution is -2.09. The highest BCUT2D eigenvalue weighted by molar-refractivity contribution is 5.67. The van der Waals surface area contributed by atoms with Gasteiger partial charge in [-0.1, -0.05) is 13.0 Å². The van der Waals surface area contributed by atoms with E-state index in [4.69, 9.17) is 5.11 Å². The number of benzene rings is 1. The number of halogens is 4. The summed E-state index contributed by atoms with van der Waals surface area (Å²) >= 11 is 0. The third kappa shape index (κ3) is 3.44. The smallest absolute Gasteiger partial charge is 0.419 e. The average molecular weight is 250 g/mol. The van der Waals surface area contributed by atoms with E-state index in [1.54, 1.807) is 0 Å². The average Bonchev–Trinajstić information content (AvgIpc) is 2.14. The van der Waals surface area contributed by atoms with Crippen LogP contribution in [0.5, 0.6) is 0 Å². The van der Waals surface area contributed by atoms with Gasteiger partial charge in [-0.25, -0.2) is 4.39 Å². The number of rotatable bonds is 3. The van der Waals surface area contributed by atoms with Gasteiger partial charge in [0, 0.05) is 0 Å². The van der Waals surface area contributed by atoms with Crippen LogP contribution in [-0.4, -0.2) is 11.1 Å². The molecule has 0 saturated carbocycles. The van der Waals surface area contributed by atoms with Gasteiger partial charge in [0.2, 0.25) is 0 Å². The highest BCUT2D eigenvalue weighted by Gasteiger charge is 2.34. The summed E-state index contributed by atoms with van der Waals surface area (Å²) in [5.41, 5.74) is -1.11. The third-order valence-electron chi connectivity index (χ3n) is 2.35. The lowest BCUT2D eigenvalue weighted by atomic mass is 9.96. The first-order valence-electron chi connectivity index (χ1n) is 4.80. The van der Waals surface area contributed by atoms with E-state index in [0.29, 0.717) is 6.07 Å². The molecule has 0 fully saturated rings. The SMILES string of the molecule is CC(CC(=O)O)c1ccc(C(F)(F)F)c(F)c1. The first-order chi connectivity index (χ1) is 7.71. The van der Waals surface area contributed by atoms with E-state index < -0.39 is 29.4 Å². The molecule has 0 aromatic heterocycles. The van der Waals surface area contributed by atoms with Crippen LogP contribution in [0.15, 0.2) is 18.2 Å². The largest absolute Gasteiger partial charge is 0.481 e. The molecule has 0 aliphatic heterocycles. The minimum absolute atomic E-state index is 0.234. The van der Waals surface area contributed by atoms with Crippen molar-refractivity contribution in [1.82, 2.24) is 0 Å². The second kappa shape index (κ2) is 4.73.